The van der Waals surface area contributed by atoms with E-state index >= 15 is 0 Å². The summed E-state index contributed by atoms with van der Waals surface area (Å²) in [5, 5.41) is 19.8. The van der Waals surface area contributed by atoms with Gasteiger partial charge in [0.1, 0.15) is 5.78 Å². The Morgan fingerprint density at radius 2 is 1.73 bits per heavy atom. The topological polar surface area (TPSA) is 132 Å². The van der Waals surface area contributed by atoms with Crippen LogP contribution in [0.2, 0.25) is 0 Å². The smallest absolute Gasteiger partial charge is 0.394 e. The molecule has 4 atom stereocenters. The van der Waals surface area contributed by atoms with Gasteiger partial charge >= 0.3 is 10.4 Å². The molecule has 4 N–H and O–H groups in total. The fourth-order valence-corrected chi connectivity index (χ4v) is 5.41. The second-order valence-corrected chi connectivity index (χ2v) is 8.68. The number of aromatic hydroxyl groups is 2. The number of hydrogen-bond donors (Lipinski definition) is 4. The molecule has 8 heteroatoms. The monoisotopic (exact) mass is 384 g/mol. The molecule has 3 aliphatic carbocycles. The molecular formula is C18H24O7S. The Morgan fingerprint density at radius 3 is 2.38 bits per heavy atom. The molecule has 0 spiro atoms. The van der Waals surface area contributed by atoms with E-state index in [4.69, 9.17) is 17.5 Å². The Balaban J connectivity index is 0.000000349. The van der Waals surface area contributed by atoms with Gasteiger partial charge in [-0.1, -0.05) is 13.0 Å². The second kappa shape index (κ2) is 6.51. The standard InChI is InChI=1S/C18H22O3.H2O4S/c1-18-9-8-11-10-4-6-15(19)17(21)13(10)3-2-12(11)14(18)5-7-16(18)20;1-5(2,3)4/h4,6,11-12,14,19,21H,2-3,5,7-9H2,1H3;(H2,1,2,3,4)/t11-,12-,14+,18+;/m1./s1. The lowest BCUT2D eigenvalue weighted by Gasteiger charge is -2.48. The number of phenolic OH excluding ortho intramolecular Hbond substituents is 2. The molecule has 1 aromatic carbocycles. The zero-order valence-corrected chi connectivity index (χ0v) is 15.4. The molecule has 0 unspecified atom stereocenters. The Labute approximate surface area is 152 Å². The van der Waals surface area contributed by atoms with Crippen molar-refractivity contribution in [2.45, 2.75) is 51.4 Å². The molecule has 4 rings (SSSR count). The lowest BCUT2D eigenvalue weighted by molar-refractivity contribution is -0.129. The maximum absolute atomic E-state index is 12.3. The summed E-state index contributed by atoms with van der Waals surface area (Å²) in [7, 11) is -4.67. The van der Waals surface area contributed by atoms with Crippen LogP contribution in [0.5, 0.6) is 11.5 Å². The zero-order valence-electron chi connectivity index (χ0n) is 14.6. The first-order valence-electron chi connectivity index (χ1n) is 8.79. The SMILES string of the molecule is C[C@]12CC[C@@H]3c4ccc(O)c(O)c4CC[C@H]3[C@@H]1CCC2=O.O=S(=O)(O)O. The normalized spacial score (nSPS) is 32.7. The molecule has 1 aromatic rings. The number of Topliss-reactive ketones (excluding diaryl/α,β-unsaturated/α-hetero) is 1. The van der Waals surface area contributed by atoms with Gasteiger partial charge in [0.25, 0.3) is 0 Å². The molecule has 2 saturated carbocycles. The van der Waals surface area contributed by atoms with Gasteiger partial charge in [-0.2, -0.15) is 8.42 Å². The van der Waals surface area contributed by atoms with Gasteiger partial charge in [-0.3, -0.25) is 13.9 Å². The van der Waals surface area contributed by atoms with Crippen LogP contribution in [0, 0.1) is 17.3 Å². The molecule has 26 heavy (non-hydrogen) atoms. The number of carbonyl (C=O) groups is 1. The summed E-state index contributed by atoms with van der Waals surface area (Å²) < 4.78 is 31.6. The van der Waals surface area contributed by atoms with Gasteiger partial charge in [-0.25, -0.2) is 0 Å². The summed E-state index contributed by atoms with van der Waals surface area (Å²) >= 11 is 0. The van der Waals surface area contributed by atoms with Gasteiger partial charge in [0.2, 0.25) is 0 Å². The summed E-state index contributed by atoms with van der Waals surface area (Å²) in [6.45, 7) is 2.17. The van der Waals surface area contributed by atoms with Gasteiger partial charge in [0.05, 0.1) is 0 Å². The second-order valence-electron chi connectivity index (χ2n) is 7.78. The average molecular weight is 384 g/mol. The first-order chi connectivity index (χ1) is 12.0. The van der Waals surface area contributed by atoms with Crippen LogP contribution in [-0.2, 0) is 21.6 Å². The number of fused-ring (bicyclic) bond motifs is 5. The van der Waals surface area contributed by atoms with Gasteiger partial charge < -0.3 is 10.2 Å². The number of hydrogen-bond acceptors (Lipinski definition) is 5. The zero-order chi connectivity index (χ0) is 19.3. The maximum atomic E-state index is 12.3. The van der Waals surface area contributed by atoms with Crippen molar-refractivity contribution in [2.75, 3.05) is 0 Å². The van der Waals surface area contributed by atoms with E-state index < -0.39 is 10.4 Å². The molecule has 7 nitrogen and oxygen atoms in total. The maximum Gasteiger partial charge on any atom is 0.394 e. The Kier molecular flexibility index (Phi) is 4.79. The third-order valence-electron chi connectivity index (χ3n) is 6.57. The van der Waals surface area contributed by atoms with Gasteiger partial charge in [0.15, 0.2) is 11.5 Å². The van der Waals surface area contributed by atoms with E-state index in [9.17, 15) is 15.0 Å². The number of carbonyl (C=O) groups excluding carboxylic acids is 1. The number of phenols is 2. The molecule has 0 amide bonds. The summed E-state index contributed by atoms with van der Waals surface area (Å²) in [6, 6.07) is 3.60. The number of ketones is 1. The molecule has 0 aromatic heterocycles. The quantitative estimate of drug-likeness (QED) is 0.399. The minimum atomic E-state index is -4.67. The van der Waals surface area contributed by atoms with Crippen LogP contribution >= 0.6 is 0 Å². The lowest BCUT2D eigenvalue weighted by Crippen LogP contribution is -2.42. The van der Waals surface area contributed by atoms with Crippen LogP contribution < -0.4 is 0 Å². The number of benzene rings is 1. The highest BCUT2D eigenvalue weighted by atomic mass is 32.3. The summed E-state index contributed by atoms with van der Waals surface area (Å²) in [4.78, 5) is 12.3. The van der Waals surface area contributed by atoms with Gasteiger partial charge in [-0.15, -0.1) is 0 Å². The highest BCUT2D eigenvalue weighted by molar-refractivity contribution is 7.79. The Bertz CT molecular complexity index is 824. The summed E-state index contributed by atoms with van der Waals surface area (Å²) in [6.07, 6.45) is 5.63. The van der Waals surface area contributed by atoms with Crippen LogP contribution in [0.1, 0.15) is 56.1 Å². The molecule has 0 heterocycles. The fourth-order valence-electron chi connectivity index (χ4n) is 5.41. The molecule has 0 saturated heterocycles. The average Bonchev–Trinajstić information content (AvgIpc) is 2.84. The van der Waals surface area contributed by atoms with E-state index in [0.717, 1.165) is 44.1 Å². The predicted octanol–water partition coefficient (Wildman–Crippen LogP) is 2.87. The van der Waals surface area contributed by atoms with Crippen LogP contribution in [0.25, 0.3) is 0 Å². The highest BCUT2D eigenvalue weighted by Gasteiger charge is 2.54. The van der Waals surface area contributed by atoms with Crippen molar-refractivity contribution >= 4 is 16.2 Å². The molecule has 3 aliphatic rings. The van der Waals surface area contributed by atoms with Crippen LogP contribution in [0.3, 0.4) is 0 Å². The van der Waals surface area contributed by atoms with E-state index in [2.05, 4.69) is 6.92 Å². The number of rotatable bonds is 0. The van der Waals surface area contributed by atoms with Crippen molar-refractivity contribution in [1.29, 1.82) is 0 Å². The molecular weight excluding hydrogens is 360 g/mol. The predicted molar refractivity (Wildman–Crippen MR) is 93.6 cm³/mol. The molecule has 2 fully saturated rings. The minimum absolute atomic E-state index is 0.0103. The van der Waals surface area contributed by atoms with Crippen molar-refractivity contribution < 1.29 is 32.5 Å². The van der Waals surface area contributed by atoms with Crippen molar-refractivity contribution in [3.05, 3.63) is 23.3 Å². The Morgan fingerprint density at radius 1 is 1.08 bits per heavy atom. The lowest BCUT2D eigenvalue weighted by atomic mass is 9.55. The van der Waals surface area contributed by atoms with E-state index in [-0.39, 0.29) is 16.9 Å². The van der Waals surface area contributed by atoms with Gasteiger partial charge in [0, 0.05) is 17.4 Å². The first-order valence-corrected chi connectivity index (χ1v) is 10.2. The van der Waals surface area contributed by atoms with E-state index in [0.29, 0.717) is 23.5 Å². The third-order valence-corrected chi connectivity index (χ3v) is 6.57. The van der Waals surface area contributed by atoms with E-state index in [1.54, 1.807) is 6.07 Å². The van der Waals surface area contributed by atoms with Crippen molar-refractivity contribution in [3.63, 3.8) is 0 Å². The summed E-state index contributed by atoms with van der Waals surface area (Å²) in [5.74, 6) is 2.04. The molecule has 144 valence electrons. The van der Waals surface area contributed by atoms with Crippen molar-refractivity contribution in [3.8, 4) is 11.5 Å². The largest absolute Gasteiger partial charge is 0.504 e. The first kappa shape index (κ1) is 19.1. The van der Waals surface area contributed by atoms with E-state index in [1.807, 2.05) is 6.07 Å². The third kappa shape index (κ3) is 3.33. The van der Waals surface area contributed by atoms with Gasteiger partial charge in [-0.05, 0) is 61.5 Å². The van der Waals surface area contributed by atoms with Crippen LogP contribution in [0.4, 0.5) is 0 Å². The molecule has 0 aliphatic heterocycles. The Hall–Kier alpha value is -1.64. The minimum Gasteiger partial charge on any atom is -0.504 e. The fraction of sp³-hybridized carbons (Fsp3) is 0.611. The highest BCUT2D eigenvalue weighted by Crippen LogP contribution is 2.60. The van der Waals surface area contributed by atoms with Crippen LogP contribution in [-0.4, -0.2) is 33.5 Å². The van der Waals surface area contributed by atoms with E-state index in [1.165, 1.54) is 5.56 Å². The summed E-state index contributed by atoms with van der Waals surface area (Å²) in [5.41, 5.74) is 2.05. The van der Waals surface area contributed by atoms with Crippen LogP contribution in [0.15, 0.2) is 12.1 Å². The molecule has 0 radical (unpaired) electrons. The van der Waals surface area contributed by atoms with Crippen molar-refractivity contribution in [1.82, 2.24) is 0 Å². The molecule has 0 bridgehead atoms. The van der Waals surface area contributed by atoms with Crippen molar-refractivity contribution in [2.24, 2.45) is 17.3 Å².